The molecule has 0 saturated heterocycles. The second-order valence-electron chi connectivity index (χ2n) is 6.17. The molecule has 28 heavy (non-hydrogen) atoms. The van der Waals surface area contributed by atoms with Crippen LogP contribution in [0.4, 0.5) is 4.39 Å². The lowest BCUT2D eigenvalue weighted by molar-refractivity contribution is 0.460. The highest BCUT2D eigenvalue weighted by molar-refractivity contribution is 7.89. The number of fused-ring (bicyclic) bond motifs is 1. The number of allylic oxidation sites excluding steroid dienone is 5. The lowest BCUT2D eigenvalue weighted by Gasteiger charge is -2.12. The highest BCUT2D eigenvalue weighted by Gasteiger charge is 2.23. The van der Waals surface area contributed by atoms with E-state index in [-0.39, 0.29) is 36.0 Å². The molecule has 10 heteroatoms. The van der Waals surface area contributed by atoms with Crippen LogP contribution in [-0.4, -0.2) is 30.9 Å². The third kappa shape index (κ3) is 3.64. The van der Waals surface area contributed by atoms with Gasteiger partial charge in [0.1, 0.15) is 5.83 Å². The average Bonchev–Trinajstić information content (AvgIpc) is 3.27. The Kier molecular flexibility index (Phi) is 4.65. The van der Waals surface area contributed by atoms with Gasteiger partial charge in [-0.25, -0.2) is 27.4 Å². The van der Waals surface area contributed by atoms with Gasteiger partial charge in [-0.15, -0.1) is 5.10 Å². The van der Waals surface area contributed by atoms with Crippen LogP contribution in [-0.2, 0) is 16.4 Å². The minimum absolute atomic E-state index is 0.0328. The first-order valence-corrected chi connectivity index (χ1v) is 9.89. The van der Waals surface area contributed by atoms with E-state index in [0.29, 0.717) is 5.71 Å². The second-order valence-corrected chi connectivity index (χ2v) is 7.94. The molecule has 2 aliphatic rings. The van der Waals surface area contributed by atoms with Crippen LogP contribution in [0.5, 0.6) is 0 Å². The van der Waals surface area contributed by atoms with Crippen molar-refractivity contribution >= 4 is 21.3 Å². The fourth-order valence-corrected chi connectivity index (χ4v) is 3.98. The Bertz CT molecular complexity index is 1200. The van der Waals surface area contributed by atoms with E-state index in [1.807, 2.05) is 0 Å². The molecule has 4 rings (SSSR count). The van der Waals surface area contributed by atoms with Crippen molar-refractivity contribution in [1.29, 1.82) is 0 Å². The monoisotopic (exact) mass is 402 g/mol. The smallest absolute Gasteiger partial charge is 0.392 e. The van der Waals surface area contributed by atoms with Gasteiger partial charge in [0, 0.05) is 36.7 Å². The molecule has 2 heterocycles. The Labute approximate surface area is 159 Å². The zero-order valence-electron chi connectivity index (χ0n) is 14.5. The summed E-state index contributed by atoms with van der Waals surface area (Å²) in [5.74, 6) is -0.801. The Balaban J connectivity index is 1.45. The predicted octanol–water partition coefficient (Wildman–Crippen LogP) is 1.86. The van der Waals surface area contributed by atoms with Crippen molar-refractivity contribution in [2.45, 2.75) is 17.7 Å². The maximum atomic E-state index is 13.4. The molecule has 1 aliphatic heterocycles. The number of aromatic amines is 1. The summed E-state index contributed by atoms with van der Waals surface area (Å²) in [6.45, 7) is 0.0328. The quantitative estimate of drug-likeness (QED) is 0.765. The molecule has 8 nitrogen and oxygen atoms in total. The lowest BCUT2D eigenvalue weighted by Crippen LogP contribution is -2.26. The van der Waals surface area contributed by atoms with Crippen molar-refractivity contribution in [2.75, 3.05) is 6.54 Å². The molecule has 0 spiro atoms. The van der Waals surface area contributed by atoms with E-state index in [2.05, 4.69) is 19.9 Å². The largest absolute Gasteiger partial charge is 0.434 e. The third-order valence-electron chi connectivity index (χ3n) is 4.31. The molecule has 0 bridgehead atoms. The van der Waals surface area contributed by atoms with E-state index >= 15 is 0 Å². The molecule has 1 aromatic heterocycles. The number of aliphatic imine (C=N–C) groups is 1. The number of H-pyrrole nitrogens is 1. The highest BCUT2D eigenvalue weighted by atomic mass is 32.2. The third-order valence-corrected chi connectivity index (χ3v) is 5.78. The van der Waals surface area contributed by atoms with Gasteiger partial charge >= 0.3 is 5.76 Å². The summed E-state index contributed by atoms with van der Waals surface area (Å²) in [4.78, 5) is 15.2. The standard InChI is InChI=1S/C18H15FN4O4S/c19-12-3-6-14-15(10-20-16(14)9-12)11-1-4-13(5-2-11)28(25,26)21-8-7-17-22-23-18(24)27-17/h1-6,10,21H,7-9H2,(H,23,24). The van der Waals surface area contributed by atoms with Crippen molar-refractivity contribution in [3.8, 4) is 0 Å². The molecular weight excluding hydrogens is 387 g/mol. The van der Waals surface area contributed by atoms with Crippen LogP contribution in [0.3, 0.4) is 0 Å². The summed E-state index contributed by atoms with van der Waals surface area (Å²) in [7, 11) is -3.72. The van der Waals surface area contributed by atoms with Crippen LogP contribution in [0.2, 0.25) is 0 Å². The molecule has 1 aliphatic carbocycles. The lowest BCUT2D eigenvalue weighted by atomic mass is 9.93. The van der Waals surface area contributed by atoms with E-state index in [0.717, 1.165) is 16.7 Å². The van der Waals surface area contributed by atoms with Gasteiger partial charge in [-0.1, -0.05) is 12.1 Å². The zero-order chi connectivity index (χ0) is 19.7. The molecular formula is C18H15FN4O4S. The highest BCUT2D eigenvalue weighted by Crippen LogP contribution is 2.34. The Morgan fingerprint density at radius 1 is 1.18 bits per heavy atom. The molecule has 0 unspecified atom stereocenters. The van der Waals surface area contributed by atoms with Crippen molar-refractivity contribution in [2.24, 2.45) is 4.99 Å². The van der Waals surface area contributed by atoms with Crippen molar-refractivity contribution in [1.82, 2.24) is 14.9 Å². The van der Waals surface area contributed by atoms with Crippen LogP contribution < -0.4 is 10.5 Å². The van der Waals surface area contributed by atoms with Crippen LogP contribution in [0.15, 0.2) is 73.1 Å². The molecule has 0 amide bonds. The first-order valence-electron chi connectivity index (χ1n) is 8.41. The summed E-state index contributed by atoms with van der Waals surface area (Å²) >= 11 is 0. The van der Waals surface area contributed by atoms with Gasteiger partial charge in [0.2, 0.25) is 15.9 Å². The summed E-state index contributed by atoms with van der Waals surface area (Å²) < 4.78 is 45.3. The average molecular weight is 402 g/mol. The Morgan fingerprint density at radius 3 is 2.68 bits per heavy atom. The van der Waals surface area contributed by atoms with Gasteiger partial charge in [-0.3, -0.25) is 4.99 Å². The van der Waals surface area contributed by atoms with Crippen molar-refractivity contribution < 1.29 is 17.2 Å². The second kappa shape index (κ2) is 7.13. The summed E-state index contributed by atoms with van der Waals surface area (Å²) in [5.41, 5.74) is 3.12. The fourth-order valence-electron chi connectivity index (χ4n) is 2.94. The first kappa shape index (κ1) is 18.3. The molecule has 144 valence electrons. The van der Waals surface area contributed by atoms with Crippen LogP contribution in [0.1, 0.15) is 17.9 Å². The molecule has 0 atom stereocenters. The Morgan fingerprint density at radius 2 is 1.96 bits per heavy atom. The van der Waals surface area contributed by atoms with Gasteiger partial charge in [0.15, 0.2) is 0 Å². The van der Waals surface area contributed by atoms with Crippen LogP contribution in [0.25, 0.3) is 5.57 Å². The number of halogens is 1. The van der Waals surface area contributed by atoms with E-state index in [1.165, 1.54) is 18.2 Å². The van der Waals surface area contributed by atoms with E-state index < -0.39 is 15.8 Å². The van der Waals surface area contributed by atoms with Crippen LogP contribution >= 0.6 is 0 Å². The summed E-state index contributed by atoms with van der Waals surface area (Å²) in [6.07, 6.45) is 5.06. The number of nitrogens with one attached hydrogen (secondary N) is 2. The number of nitrogens with zero attached hydrogens (tertiary/aromatic N) is 2. The van der Waals surface area contributed by atoms with E-state index in [4.69, 9.17) is 4.42 Å². The van der Waals surface area contributed by atoms with Crippen molar-refractivity contribution in [3.05, 3.63) is 76.0 Å². The first-order chi connectivity index (χ1) is 13.4. The maximum Gasteiger partial charge on any atom is 0.434 e. The number of hydrogen-bond acceptors (Lipinski definition) is 6. The number of rotatable bonds is 6. The minimum Gasteiger partial charge on any atom is -0.392 e. The topological polar surface area (TPSA) is 117 Å². The molecule has 0 saturated carbocycles. The Hall–Kier alpha value is -3.11. The normalized spacial score (nSPS) is 16.2. The molecule has 1 aromatic carbocycles. The van der Waals surface area contributed by atoms with Gasteiger partial charge in [0.05, 0.1) is 10.6 Å². The molecule has 2 aromatic rings. The number of hydrogen-bond donors (Lipinski definition) is 2. The van der Waals surface area contributed by atoms with Crippen LogP contribution in [0, 0.1) is 0 Å². The van der Waals surface area contributed by atoms with Gasteiger partial charge in [-0.05, 0) is 29.8 Å². The van der Waals surface area contributed by atoms with Gasteiger partial charge < -0.3 is 4.42 Å². The minimum atomic E-state index is -3.72. The maximum absolute atomic E-state index is 13.4. The van der Waals surface area contributed by atoms with E-state index in [9.17, 15) is 17.6 Å². The molecule has 0 fully saturated rings. The fraction of sp³-hybridized carbons (Fsp3) is 0.167. The number of benzene rings is 1. The van der Waals surface area contributed by atoms with Crippen molar-refractivity contribution in [3.63, 3.8) is 0 Å². The predicted molar refractivity (Wildman–Crippen MR) is 99.8 cm³/mol. The molecule has 0 radical (unpaired) electrons. The van der Waals surface area contributed by atoms with Gasteiger partial charge in [0.25, 0.3) is 0 Å². The van der Waals surface area contributed by atoms with E-state index in [1.54, 1.807) is 24.4 Å². The number of aromatic nitrogens is 2. The zero-order valence-corrected chi connectivity index (χ0v) is 15.3. The van der Waals surface area contributed by atoms with Gasteiger partial charge in [-0.2, -0.15) is 0 Å². The SMILES string of the molecule is O=c1[nH]nc(CCNS(=O)(=O)c2ccc(C3=CN=C4CC(F)=CC=C34)cc2)o1. The molecule has 2 N–H and O–H groups in total. The summed E-state index contributed by atoms with van der Waals surface area (Å²) in [5, 5.41) is 5.72. The number of sulfonamides is 1. The summed E-state index contributed by atoms with van der Waals surface area (Å²) in [6, 6.07) is 6.35.